The fourth-order valence-corrected chi connectivity index (χ4v) is 3.39. The topological polar surface area (TPSA) is 60.4 Å². The summed E-state index contributed by atoms with van der Waals surface area (Å²) in [5.41, 5.74) is -0.0925. The molecule has 0 aromatic heterocycles. The number of alkyl halides is 3. The summed E-state index contributed by atoms with van der Waals surface area (Å²) in [7, 11) is -1.54. The van der Waals surface area contributed by atoms with Crippen LogP contribution in [0.15, 0.2) is 48.1 Å². The lowest BCUT2D eigenvalue weighted by molar-refractivity contribution is -0.492. The monoisotopic (exact) mass is 490 g/mol. The summed E-state index contributed by atoms with van der Waals surface area (Å²) in [5.74, 6) is 0. The molecule has 1 N–H and O–H groups in total. The molecule has 0 bridgehead atoms. The van der Waals surface area contributed by atoms with Crippen molar-refractivity contribution in [2.75, 3.05) is 20.6 Å². The molecule has 2 aliphatic heterocycles. The van der Waals surface area contributed by atoms with Gasteiger partial charge in [0.25, 0.3) is 0 Å². The predicted octanol–water partition coefficient (Wildman–Crippen LogP) is 5.74. The van der Waals surface area contributed by atoms with Crippen molar-refractivity contribution >= 4 is 27.7 Å². The Morgan fingerprint density at radius 2 is 1.55 bits per heavy atom. The second-order valence-electron chi connectivity index (χ2n) is 7.44. The summed E-state index contributed by atoms with van der Waals surface area (Å²) in [6.07, 6.45) is 10.2. The fraction of sp³-hybridized carbons (Fsp3) is 0.500. The van der Waals surface area contributed by atoms with E-state index in [0.717, 1.165) is 13.0 Å². The van der Waals surface area contributed by atoms with Crippen LogP contribution in [-0.2, 0) is 15.5 Å². The van der Waals surface area contributed by atoms with Gasteiger partial charge in [-0.1, -0.05) is 52.0 Å². The number of benzene rings is 1. The average molecular weight is 491 g/mol. The molecule has 0 unspecified atom stereocenters. The second-order valence-corrected chi connectivity index (χ2v) is 8.86. The zero-order valence-electron chi connectivity index (χ0n) is 20.7. The van der Waals surface area contributed by atoms with E-state index in [2.05, 4.69) is 85.8 Å². The Bertz CT molecular complexity index is 1020. The maximum absolute atomic E-state index is 10.7. The van der Waals surface area contributed by atoms with Gasteiger partial charge in [-0.3, -0.25) is 4.55 Å². The first-order chi connectivity index (χ1) is 15.2. The molecule has 5 nitrogen and oxygen atoms in total. The third-order valence-corrected chi connectivity index (χ3v) is 5.48. The zero-order chi connectivity index (χ0) is 26.0. The maximum Gasteiger partial charge on any atom is 0.522 e. The molecule has 1 aromatic rings. The predicted molar refractivity (Wildman–Crippen MR) is 130 cm³/mol. The van der Waals surface area contributed by atoms with Gasteiger partial charge in [-0.2, -0.15) is 26.2 Å². The van der Waals surface area contributed by atoms with Crippen LogP contribution in [-0.4, -0.2) is 60.2 Å². The third-order valence-electron chi connectivity index (χ3n) is 4.90. The molecule has 33 heavy (non-hydrogen) atoms. The summed E-state index contributed by atoms with van der Waals surface area (Å²) in [6, 6.07) is 8.70. The molecular formula is C24H37F3N2O3S+2. The first kappa shape index (κ1) is 30.7. The van der Waals surface area contributed by atoms with Crippen molar-refractivity contribution in [3.8, 4) is 0 Å². The molecule has 2 heterocycles. The number of hydrogen-bond acceptors (Lipinski definition) is 2. The lowest BCUT2D eigenvalue weighted by Crippen LogP contribution is -2.26. The highest BCUT2D eigenvalue weighted by Crippen LogP contribution is 2.39. The highest BCUT2D eigenvalue weighted by atomic mass is 32.2. The maximum atomic E-state index is 10.7. The lowest BCUT2D eigenvalue weighted by Gasteiger charge is -2.15. The van der Waals surface area contributed by atoms with Gasteiger partial charge in [0, 0.05) is 29.7 Å². The minimum atomic E-state index is -5.84. The number of nitrogens with zero attached hydrogens (tertiary/aromatic N) is 2. The minimum absolute atomic E-state index is 0.0585. The van der Waals surface area contributed by atoms with Crippen LogP contribution in [0.5, 0.6) is 0 Å². The highest BCUT2D eigenvalue weighted by molar-refractivity contribution is 7.86. The number of hydrogen-bond donors (Lipinski definition) is 1. The van der Waals surface area contributed by atoms with Gasteiger partial charge in [-0.15, -0.1) is 0 Å². The smallest absolute Gasteiger partial charge is 0.279 e. The van der Waals surface area contributed by atoms with Crippen molar-refractivity contribution in [3.05, 3.63) is 53.6 Å². The van der Waals surface area contributed by atoms with Crippen LogP contribution in [0.2, 0.25) is 0 Å². The Labute approximate surface area is 196 Å². The number of rotatable bonds is 2. The van der Waals surface area contributed by atoms with Crippen LogP contribution in [0.3, 0.4) is 0 Å². The zero-order valence-corrected chi connectivity index (χ0v) is 21.5. The van der Waals surface area contributed by atoms with Crippen molar-refractivity contribution in [2.24, 2.45) is 0 Å². The van der Waals surface area contributed by atoms with E-state index >= 15 is 0 Å². The minimum Gasteiger partial charge on any atom is -0.279 e. The molecule has 2 aliphatic rings. The molecule has 186 valence electrons. The first-order valence-corrected chi connectivity index (χ1v) is 12.4. The largest absolute Gasteiger partial charge is 0.522 e. The molecule has 0 atom stereocenters. The number of allylic oxidation sites excluding steroid dienone is 3. The van der Waals surface area contributed by atoms with Gasteiger partial charge in [-0.25, -0.2) is 4.58 Å². The number of fused-ring (bicyclic) bond motifs is 1. The highest BCUT2D eigenvalue weighted by Gasteiger charge is 2.44. The van der Waals surface area contributed by atoms with Gasteiger partial charge < -0.3 is 0 Å². The van der Waals surface area contributed by atoms with E-state index in [1.54, 1.807) is 0 Å². The van der Waals surface area contributed by atoms with Crippen LogP contribution >= 0.6 is 0 Å². The Hall–Kier alpha value is -2.26. The molecule has 3 rings (SSSR count). The molecule has 1 aromatic carbocycles. The van der Waals surface area contributed by atoms with E-state index in [4.69, 9.17) is 13.0 Å². The van der Waals surface area contributed by atoms with E-state index in [1.807, 2.05) is 27.7 Å². The van der Waals surface area contributed by atoms with E-state index in [0.29, 0.717) is 0 Å². The van der Waals surface area contributed by atoms with E-state index < -0.39 is 15.6 Å². The number of halogens is 3. The van der Waals surface area contributed by atoms with Gasteiger partial charge in [0.1, 0.15) is 20.6 Å². The van der Waals surface area contributed by atoms with Crippen LogP contribution in [0.25, 0.3) is 0 Å². The molecule has 9 heteroatoms. The summed E-state index contributed by atoms with van der Waals surface area (Å²) < 4.78 is 62.1. The molecule has 0 fully saturated rings. The Balaban J connectivity index is 0.000000724. The van der Waals surface area contributed by atoms with E-state index in [-0.39, 0.29) is 5.41 Å². The summed E-state index contributed by atoms with van der Waals surface area (Å²) in [6.45, 7) is 13.7. The van der Waals surface area contributed by atoms with E-state index in [9.17, 15) is 13.2 Å². The summed E-state index contributed by atoms with van der Waals surface area (Å²) >= 11 is 0. The Morgan fingerprint density at radius 3 is 2.00 bits per heavy atom. The van der Waals surface area contributed by atoms with Crippen molar-refractivity contribution in [1.29, 1.82) is 0 Å². The van der Waals surface area contributed by atoms with Crippen molar-refractivity contribution < 1.29 is 35.3 Å². The van der Waals surface area contributed by atoms with Crippen LogP contribution in [0.4, 0.5) is 18.9 Å². The SMILES string of the molecule is CC.CC.C[N+]1=CC(/C=C/C2=[N+](C)c3ccccc3C2(C)C)=CCC1.O=S(=O)(O)C(F)(F)F. The van der Waals surface area contributed by atoms with Crippen molar-refractivity contribution in [3.63, 3.8) is 0 Å². The molecular weight excluding hydrogens is 453 g/mol. The normalized spacial score (nSPS) is 16.8. The average Bonchev–Trinajstić information content (AvgIpc) is 2.94. The number of para-hydroxylation sites is 1. The van der Waals surface area contributed by atoms with Gasteiger partial charge in [0.05, 0.1) is 5.41 Å². The second kappa shape index (κ2) is 12.8. The quantitative estimate of drug-likeness (QED) is 0.327. The summed E-state index contributed by atoms with van der Waals surface area (Å²) in [5, 5.41) is 0. The van der Waals surface area contributed by atoms with Crippen molar-refractivity contribution in [1.82, 2.24) is 0 Å². The lowest BCUT2D eigenvalue weighted by atomic mass is 9.81. The van der Waals surface area contributed by atoms with Crippen LogP contribution < -0.4 is 0 Å². The van der Waals surface area contributed by atoms with E-state index in [1.165, 1.54) is 22.5 Å². The molecule has 0 amide bonds. The van der Waals surface area contributed by atoms with Crippen LogP contribution in [0.1, 0.15) is 53.5 Å². The van der Waals surface area contributed by atoms with Gasteiger partial charge >= 0.3 is 15.6 Å². The summed E-state index contributed by atoms with van der Waals surface area (Å²) in [4.78, 5) is 0. The Kier molecular flexibility index (Phi) is 12.0. The molecule has 0 saturated carbocycles. The van der Waals surface area contributed by atoms with Gasteiger partial charge in [0.15, 0.2) is 11.9 Å². The molecule has 0 aliphatic carbocycles. The van der Waals surface area contributed by atoms with Gasteiger partial charge in [-0.05, 0) is 19.9 Å². The molecule has 0 radical (unpaired) electrons. The van der Waals surface area contributed by atoms with Crippen LogP contribution in [0, 0.1) is 0 Å². The van der Waals surface area contributed by atoms with Gasteiger partial charge in [0.2, 0.25) is 5.69 Å². The molecule has 0 saturated heterocycles. The fourth-order valence-electron chi connectivity index (χ4n) is 3.39. The molecule has 0 spiro atoms. The first-order valence-electron chi connectivity index (χ1n) is 10.9. The van der Waals surface area contributed by atoms with Crippen molar-refractivity contribution in [2.45, 2.75) is 58.9 Å². The standard InChI is InChI=1S/C19H24N2.2C2H6.CHF3O3S/c1-19(2)16-9-5-6-10-17(16)21(4)18(19)12-11-15-8-7-13-20(3)14-15;2*1-2;2-1(3,4)8(5,6)7/h5-6,8-12,14H,7,13H2,1-4H3;2*1-2H3;(H,5,6,7)/q+2;;;/b12-11+;;;. The Morgan fingerprint density at radius 1 is 1.03 bits per heavy atom. The third kappa shape index (κ3) is 8.23.